The van der Waals surface area contributed by atoms with E-state index in [4.69, 9.17) is 5.41 Å². The van der Waals surface area contributed by atoms with Gasteiger partial charge in [-0.15, -0.1) is 0 Å². The van der Waals surface area contributed by atoms with Gasteiger partial charge in [0.2, 0.25) is 0 Å². The molecule has 0 aliphatic carbocycles. The molecule has 0 amide bonds. The predicted molar refractivity (Wildman–Crippen MR) is 55.9 cm³/mol. The lowest BCUT2D eigenvalue weighted by Crippen LogP contribution is -1.88. The van der Waals surface area contributed by atoms with Gasteiger partial charge in [0.15, 0.2) is 0 Å². The van der Waals surface area contributed by atoms with Crippen molar-refractivity contribution in [2.45, 2.75) is 52.4 Å². The molecule has 0 spiro atoms. The Morgan fingerprint density at radius 2 is 1.75 bits per heavy atom. The van der Waals surface area contributed by atoms with Gasteiger partial charge < -0.3 is 5.41 Å². The highest BCUT2D eigenvalue weighted by Gasteiger charge is 1.93. The lowest BCUT2D eigenvalue weighted by molar-refractivity contribution is 0.684. The summed E-state index contributed by atoms with van der Waals surface area (Å²) in [6.45, 7) is 8.00. The first kappa shape index (κ1) is 11.4. The topological polar surface area (TPSA) is 23.9 Å². The zero-order valence-corrected chi connectivity index (χ0v) is 8.45. The van der Waals surface area contributed by atoms with E-state index in [1.54, 1.807) is 0 Å². The molecule has 0 aliphatic rings. The molecule has 1 heteroatoms. The Hall–Kier alpha value is -0.590. The minimum absolute atomic E-state index is 0.810. The maximum atomic E-state index is 7.23. The van der Waals surface area contributed by atoms with Gasteiger partial charge in [-0.2, -0.15) is 0 Å². The summed E-state index contributed by atoms with van der Waals surface area (Å²) in [6, 6.07) is 0. The molecular weight excluding hydrogens is 146 g/mol. The molecule has 0 rings (SSSR count). The van der Waals surface area contributed by atoms with Crippen LogP contribution in [-0.4, -0.2) is 5.71 Å². The smallest absolute Gasteiger partial charge is 0.00582 e. The van der Waals surface area contributed by atoms with Crippen molar-refractivity contribution in [1.29, 1.82) is 5.41 Å². The van der Waals surface area contributed by atoms with Gasteiger partial charge in [-0.25, -0.2) is 0 Å². The van der Waals surface area contributed by atoms with E-state index in [1.807, 2.05) is 6.92 Å². The van der Waals surface area contributed by atoms with Crippen LogP contribution < -0.4 is 0 Å². The first-order chi connectivity index (χ1) is 5.66. The van der Waals surface area contributed by atoms with Gasteiger partial charge in [0.05, 0.1) is 0 Å². The summed E-state index contributed by atoms with van der Waals surface area (Å²) in [4.78, 5) is 0. The number of allylic oxidation sites excluding steroid dienone is 1. The summed E-state index contributed by atoms with van der Waals surface area (Å²) in [5.41, 5.74) is 2.17. The highest BCUT2D eigenvalue weighted by atomic mass is 14.4. The van der Waals surface area contributed by atoms with E-state index in [0.29, 0.717) is 0 Å². The van der Waals surface area contributed by atoms with Crippen LogP contribution in [0.1, 0.15) is 52.4 Å². The molecule has 0 atom stereocenters. The van der Waals surface area contributed by atoms with E-state index in [0.717, 1.165) is 18.6 Å². The molecule has 0 saturated heterocycles. The van der Waals surface area contributed by atoms with Crippen LogP contribution in [0.25, 0.3) is 0 Å². The second kappa shape index (κ2) is 7.08. The SMILES string of the molecule is C=C(CC)CCCCCC(C)=N. The fraction of sp³-hybridized carbons (Fsp3) is 0.727. The molecule has 1 N–H and O–H groups in total. The minimum atomic E-state index is 0.810. The largest absolute Gasteiger partial charge is 0.310 e. The van der Waals surface area contributed by atoms with Gasteiger partial charge in [-0.05, 0) is 39.0 Å². The first-order valence-electron chi connectivity index (χ1n) is 4.87. The van der Waals surface area contributed by atoms with E-state index in [-0.39, 0.29) is 0 Å². The Morgan fingerprint density at radius 1 is 1.17 bits per heavy atom. The maximum absolute atomic E-state index is 7.23. The van der Waals surface area contributed by atoms with Crippen molar-refractivity contribution in [2.75, 3.05) is 0 Å². The van der Waals surface area contributed by atoms with Crippen molar-refractivity contribution in [3.63, 3.8) is 0 Å². The van der Waals surface area contributed by atoms with Crippen molar-refractivity contribution >= 4 is 5.71 Å². The standard InChI is InChI=1S/C11H21N/c1-4-10(2)8-6-5-7-9-11(3)12/h12H,2,4-9H2,1,3H3. The normalized spacial score (nSPS) is 9.83. The zero-order valence-electron chi connectivity index (χ0n) is 8.45. The van der Waals surface area contributed by atoms with E-state index < -0.39 is 0 Å². The Balaban J connectivity index is 3.11. The summed E-state index contributed by atoms with van der Waals surface area (Å²) in [6.07, 6.45) is 6.93. The van der Waals surface area contributed by atoms with E-state index >= 15 is 0 Å². The molecule has 0 fully saturated rings. The van der Waals surface area contributed by atoms with Crippen molar-refractivity contribution in [2.24, 2.45) is 0 Å². The number of nitrogens with one attached hydrogen (secondary N) is 1. The number of hydrogen-bond acceptors (Lipinski definition) is 1. The van der Waals surface area contributed by atoms with Crippen LogP contribution in [0.3, 0.4) is 0 Å². The van der Waals surface area contributed by atoms with Crippen LogP contribution in [0, 0.1) is 5.41 Å². The average Bonchev–Trinajstić information content (AvgIpc) is 2.03. The van der Waals surface area contributed by atoms with Crippen LogP contribution >= 0.6 is 0 Å². The second-order valence-electron chi connectivity index (χ2n) is 3.44. The highest BCUT2D eigenvalue weighted by Crippen LogP contribution is 2.10. The monoisotopic (exact) mass is 167 g/mol. The molecule has 0 aromatic rings. The molecular formula is C11H21N. The molecule has 0 aliphatic heterocycles. The highest BCUT2D eigenvalue weighted by molar-refractivity contribution is 5.78. The van der Waals surface area contributed by atoms with Crippen LogP contribution in [0.5, 0.6) is 0 Å². The molecule has 0 aromatic heterocycles. The third-order valence-corrected chi connectivity index (χ3v) is 2.08. The zero-order chi connectivity index (χ0) is 9.40. The quantitative estimate of drug-likeness (QED) is 0.337. The summed E-state index contributed by atoms with van der Waals surface area (Å²) >= 11 is 0. The van der Waals surface area contributed by atoms with Crippen molar-refractivity contribution in [3.05, 3.63) is 12.2 Å². The number of unbranched alkanes of at least 4 members (excludes halogenated alkanes) is 2. The van der Waals surface area contributed by atoms with E-state index in [2.05, 4.69) is 13.5 Å². The molecule has 70 valence electrons. The predicted octanol–water partition coefficient (Wildman–Crippen LogP) is 3.94. The third-order valence-electron chi connectivity index (χ3n) is 2.08. The maximum Gasteiger partial charge on any atom is 0.00582 e. The van der Waals surface area contributed by atoms with Crippen LogP contribution in [0.4, 0.5) is 0 Å². The Kier molecular flexibility index (Phi) is 6.73. The molecule has 0 saturated carbocycles. The molecule has 0 radical (unpaired) electrons. The number of rotatable bonds is 7. The molecule has 0 unspecified atom stereocenters. The summed E-state index contributed by atoms with van der Waals surface area (Å²) in [5, 5.41) is 7.23. The average molecular weight is 167 g/mol. The number of hydrogen-bond donors (Lipinski definition) is 1. The van der Waals surface area contributed by atoms with Crippen LogP contribution in [0.15, 0.2) is 12.2 Å². The molecule has 12 heavy (non-hydrogen) atoms. The van der Waals surface area contributed by atoms with Gasteiger partial charge in [-0.3, -0.25) is 0 Å². The second-order valence-corrected chi connectivity index (χ2v) is 3.44. The van der Waals surface area contributed by atoms with Gasteiger partial charge in [0, 0.05) is 5.71 Å². The molecule has 0 bridgehead atoms. The van der Waals surface area contributed by atoms with Gasteiger partial charge in [0.25, 0.3) is 0 Å². The van der Waals surface area contributed by atoms with Crippen LogP contribution in [0.2, 0.25) is 0 Å². The Labute approximate surface area is 76.4 Å². The first-order valence-corrected chi connectivity index (χ1v) is 4.87. The van der Waals surface area contributed by atoms with Gasteiger partial charge in [-0.1, -0.05) is 25.5 Å². The summed E-state index contributed by atoms with van der Waals surface area (Å²) < 4.78 is 0. The van der Waals surface area contributed by atoms with Gasteiger partial charge >= 0.3 is 0 Å². The van der Waals surface area contributed by atoms with Crippen molar-refractivity contribution in [3.8, 4) is 0 Å². The van der Waals surface area contributed by atoms with E-state index in [1.165, 1.54) is 31.3 Å². The van der Waals surface area contributed by atoms with E-state index in [9.17, 15) is 0 Å². The summed E-state index contributed by atoms with van der Waals surface area (Å²) in [7, 11) is 0. The van der Waals surface area contributed by atoms with Gasteiger partial charge in [0.1, 0.15) is 0 Å². The molecule has 0 aromatic carbocycles. The summed E-state index contributed by atoms with van der Waals surface area (Å²) in [5.74, 6) is 0. The molecule has 0 heterocycles. The Bertz CT molecular complexity index is 147. The Morgan fingerprint density at radius 3 is 2.25 bits per heavy atom. The lowest BCUT2D eigenvalue weighted by Gasteiger charge is -2.01. The third kappa shape index (κ3) is 7.52. The van der Waals surface area contributed by atoms with Crippen LogP contribution in [-0.2, 0) is 0 Å². The van der Waals surface area contributed by atoms with Crippen molar-refractivity contribution in [1.82, 2.24) is 0 Å². The minimum Gasteiger partial charge on any atom is -0.310 e. The lowest BCUT2D eigenvalue weighted by atomic mass is 10.1. The molecule has 1 nitrogen and oxygen atoms in total. The fourth-order valence-electron chi connectivity index (χ4n) is 1.12. The van der Waals surface area contributed by atoms with Crippen molar-refractivity contribution < 1.29 is 0 Å². The fourth-order valence-corrected chi connectivity index (χ4v) is 1.12.